The van der Waals surface area contributed by atoms with Gasteiger partial charge in [0.25, 0.3) is 0 Å². The van der Waals surface area contributed by atoms with Crippen molar-refractivity contribution in [1.82, 2.24) is 29.4 Å². The molecule has 11 heteroatoms. The van der Waals surface area contributed by atoms with Gasteiger partial charge in [-0.1, -0.05) is 12.1 Å². The number of fused-ring (bicyclic) bond motifs is 1. The van der Waals surface area contributed by atoms with Gasteiger partial charge in [0, 0.05) is 23.5 Å². The predicted molar refractivity (Wildman–Crippen MR) is 117 cm³/mol. The van der Waals surface area contributed by atoms with E-state index < -0.39 is 11.7 Å². The number of halogens is 4. The molecule has 7 nitrogen and oxygen atoms in total. The standard InChI is InChI=1S/C23H17F4N7/c1-13(14-2-4-18(24)5-3-14)34-12-16(11-29-34)20-10-17(23(25,26)27)9-19(30-20)15-6-7-33-21(8-15)31-22(28)32-33/h2-13H,1H3,(H2,28,32). The molecule has 1 atom stereocenters. The van der Waals surface area contributed by atoms with Crippen molar-refractivity contribution in [3.8, 4) is 22.5 Å². The van der Waals surface area contributed by atoms with Gasteiger partial charge in [-0.15, -0.1) is 5.10 Å². The molecule has 0 fully saturated rings. The highest BCUT2D eigenvalue weighted by atomic mass is 19.4. The molecule has 0 aliphatic rings. The Morgan fingerprint density at radius 2 is 1.65 bits per heavy atom. The van der Waals surface area contributed by atoms with Crippen LogP contribution in [-0.4, -0.2) is 29.4 Å². The van der Waals surface area contributed by atoms with Gasteiger partial charge in [0.15, 0.2) is 5.65 Å². The molecule has 34 heavy (non-hydrogen) atoms. The summed E-state index contributed by atoms with van der Waals surface area (Å²) >= 11 is 0. The largest absolute Gasteiger partial charge is 0.416 e. The lowest BCUT2D eigenvalue weighted by atomic mass is 10.1. The minimum atomic E-state index is -4.58. The lowest BCUT2D eigenvalue weighted by Crippen LogP contribution is -2.07. The molecule has 0 aliphatic heterocycles. The van der Waals surface area contributed by atoms with Gasteiger partial charge in [-0.2, -0.15) is 23.3 Å². The van der Waals surface area contributed by atoms with Crippen molar-refractivity contribution >= 4 is 11.6 Å². The average molecular weight is 467 g/mol. The summed E-state index contributed by atoms with van der Waals surface area (Å²) in [6.45, 7) is 1.86. The number of alkyl halides is 3. The fourth-order valence-corrected chi connectivity index (χ4v) is 3.62. The van der Waals surface area contributed by atoms with Crippen molar-refractivity contribution in [2.24, 2.45) is 0 Å². The number of benzene rings is 1. The lowest BCUT2D eigenvalue weighted by molar-refractivity contribution is -0.137. The van der Waals surface area contributed by atoms with Crippen LogP contribution in [0.1, 0.15) is 24.1 Å². The van der Waals surface area contributed by atoms with Crippen LogP contribution in [0.15, 0.2) is 67.1 Å². The number of pyridine rings is 2. The van der Waals surface area contributed by atoms with Crippen molar-refractivity contribution in [1.29, 1.82) is 0 Å². The van der Waals surface area contributed by atoms with Crippen LogP contribution in [0.25, 0.3) is 28.2 Å². The van der Waals surface area contributed by atoms with Gasteiger partial charge in [0.05, 0.1) is 29.2 Å². The molecular weight excluding hydrogens is 450 g/mol. The third kappa shape index (κ3) is 4.07. The van der Waals surface area contributed by atoms with Crippen molar-refractivity contribution < 1.29 is 17.6 Å². The second-order valence-corrected chi connectivity index (χ2v) is 7.75. The number of nitrogens with zero attached hydrogens (tertiary/aromatic N) is 6. The molecule has 172 valence electrons. The highest BCUT2D eigenvalue weighted by Crippen LogP contribution is 2.35. The van der Waals surface area contributed by atoms with Crippen LogP contribution in [0.2, 0.25) is 0 Å². The zero-order valence-corrected chi connectivity index (χ0v) is 17.7. The van der Waals surface area contributed by atoms with E-state index >= 15 is 0 Å². The van der Waals surface area contributed by atoms with Crippen LogP contribution in [0.5, 0.6) is 0 Å². The highest BCUT2D eigenvalue weighted by Gasteiger charge is 2.32. The molecule has 4 heterocycles. The Hall–Kier alpha value is -4.28. The minimum absolute atomic E-state index is 0.0533. The van der Waals surface area contributed by atoms with E-state index in [0.29, 0.717) is 16.8 Å². The summed E-state index contributed by atoms with van der Waals surface area (Å²) in [4.78, 5) is 8.52. The molecule has 1 aromatic carbocycles. The number of anilines is 1. The maximum Gasteiger partial charge on any atom is 0.416 e. The Balaban J connectivity index is 1.57. The maximum absolute atomic E-state index is 13.7. The van der Waals surface area contributed by atoms with Crippen LogP contribution in [-0.2, 0) is 6.18 Å². The molecule has 0 saturated heterocycles. The second-order valence-electron chi connectivity index (χ2n) is 7.75. The van der Waals surface area contributed by atoms with E-state index in [2.05, 4.69) is 20.2 Å². The van der Waals surface area contributed by atoms with Gasteiger partial charge in [0.1, 0.15) is 5.82 Å². The van der Waals surface area contributed by atoms with Crippen LogP contribution >= 0.6 is 0 Å². The van der Waals surface area contributed by atoms with E-state index in [1.165, 1.54) is 22.8 Å². The first-order chi connectivity index (χ1) is 16.2. The van der Waals surface area contributed by atoms with Gasteiger partial charge in [-0.3, -0.25) is 4.68 Å². The maximum atomic E-state index is 13.7. The van der Waals surface area contributed by atoms with Gasteiger partial charge < -0.3 is 5.73 Å². The fraction of sp³-hybridized carbons (Fsp3) is 0.130. The molecule has 0 radical (unpaired) electrons. The number of hydrogen-bond donors (Lipinski definition) is 1. The summed E-state index contributed by atoms with van der Waals surface area (Å²) < 4.78 is 57.4. The average Bonchev–Trinajstić information content (AvgIpc) is 3.44. The van der Waals surface area contributed by atoms with Crippen molar-refractivity contribution in [3.63, 3.8) is 0 Å². The Bertz CT molecular complexity index is 1490. The van der Waals surface area contributed by atoms with E-state index in [4.69, 9.17) is 5.73 Å². The smallest absolute Gasteiger partial charge is 0.366 e. The van der Waals surface area contributed by atoms with Crippen LogP contribution < -0.4 is 5.73 Å². The molecule has 1 unspecified atom stereocenters. The van der Waals surface area contributed by atoms with Crippen LogP contribution in [0.3, 0.4) is 0 Å². The number of nitrogen functional groups attached to an aromatic ring is 1. The van der Waals surface area contributed by atoms with Crippen molar-refractivity contribution in [2.45, 2.75) is 19.1 Å². The molecule has 5 aromatic rings. The quantitative estimate of drug-likeness (QED) is 0.376. The fourth-order valence-electron chi connectivity index (χ4n) is 3.62. The zero-order chi connectivity index (χ0) is 24.0. The molecule has 0 amide bonds. The molecule has 0 bridgehead atoms. The van der Waals surface area contributed by atoms with E-state index in [1.54, 1.807) is 41.3 Å². The van der Waals surface area contributed by atoms with Crippen molar-refractivity contribution in [2.75, 3.05) is 5.73 Å². The first kappa shape index (κ1) is 21.6. The molecular formula is C23H17F4N7. The molecule has 0 aliphatic carbocycles. The summed E-state index contributed by atoms with van der Waals surface area (Å²) in [5.74, 6) is -0.303. The van der Waals surface area contributed by atoms with Crippen molar-refractivity contribution in [3.05, 3.63) is 84.1 Å². The first-order valence-corrected chi connectivity index (χ1v) is 10.2. The number of hydrogen-bond acceptors (Lipinski definition) is 5. The third-order valence-electron chi connectivity index (χ3n) is 5.45. The lowest BCUT2D eigenvalue weighted by Gasteiger charge is -2.13. The predicted octanol–water partition coefficient (Wildman–Crippen LogP) is 5.00. The number of rotatable bonds is 4. The molecule has 0 spiro atoms. The first-order valence-electron chi connectivity index (χ1n) is 10.2. The molecule has 4 aromatic heterocycles. The monoisotopic (exact) mass is 467 g/mol. The molecule has 0 saturated carbocycles. The van der Waals surface area contributed by atoms with Gasteiger partial charge >= 0.3 is 6.18 Å². The Morgan fingerprint density at radius 3 is 2.35 bits per heavy atom. The third-order valence-corrected chi connectivity index (χ3v) is 5.45. The summed E-state index contributed by atoms with van der Waals surface area (Å²) in [5.41, 5.74) is 7.02. The van der Waals surface area contributed by atoms with Gasteiger partial charge in [-0.25, -0.2) is 13.9 Å². The summed E-state index contributed by atoms with van der Waals surface area (Å²) in [5, 5.41) is 8.27. The summed E-state index contributed by atoms with van der Waals surface area (Å²) in [7, 11) is 0. The zero-order valence-electron chi connectivity index (χ0n) is 17.7. The topological polar surface area (TPSA) is 86.9 Å². The minimum Gasteiger partial charge on any atom is -0.366 e. The van der Waals surface area contributed by atoms with E-state index in [0.717, 1.165) is 17.7 Å². The highest BCUT2D eigenvalue weighted by molar-refractivity contribution is 5.69. The molecule has 5 rings (SSSR count). The Kier molecular flexibility index (Phi) is 5.03. The van der Waals surface area contributed by atoms with Gasteiger partial charge in [0.2, 0.25) is 5.95 Å². The second kappa shape index (κ2) is 7.94. The van der Waals surface area contributed by atoms with Gasteiger partial charge in [-0.05, 0) is 48.9 Å². The number of nitrogens with two attached hydrogens (primary N) is 1. The molecule has 2 N–H and O–H groups in total. The van der Waals surface area contributed by atoms with E-state index in [1.807, 2.05) is 6.92 Å². The van der Waals surface area contributed by atoms with Crippen LogP contribution in [0.4, 0.5) is 23.5 Å². The van der Waals surface area contributed by atoms with Crippen LogP contribution in [0, 0.1) is 5.82 Å². The van der Waals surface area contributed by atoms with E-state index in [9.17, 15) is 17.6 Å². The van der Waals surface area contributed by atoms with E-state index in [-0.39, 0.29) is 29.2 Å². The normalized spacial score (nSPS) is 12.9. The number of aromatic nitrogens is 6. The summed E-state index contributed by atoms with van der Waals surface area (Å²) in [6, 6.07) is 10.8. The Morgan fingerprint density at radius 1 is 0.941 bits per heavy atom. The SMILES string of the molecule is CC(c1ccc(F)cc1)n1cc(-c2cc(C(F)(F)F)cc(-c3ccn4nc(N)nc4c3)n2)cn1. The summed E-state index contributed by atoms with van der Waals surface area (Å²) in [6.07, 6.45) is 0.0443. The Labute approximate surface area is 190 Å².